The summed E-state index contributed by atoms with van der Waals surface area (Å²) in [6, 6.07) is 6.58. The largest absolute Gasteiger partial charge is 0.341 e. The molecule has 3 nitrogen and oxygen atoms in total. The van der Waals surface area contributed by atoms with Crippen molar-refractivity contribution in [3.63, 3.8) is 0 Å². The molecule has 102 valence electrons. The van der Waals surface area contributed by atoms with Crippen LogP contribution < -0.4 is 5.32 Å². The first-order valence-electron chi connectivity index (χ1n) is 7.47. The van der Waals surface area contributed by atoms with Crippen LogP contribution in [0.1, 0.15) is 44.5 Å². The SMILES string of the molecule is CCCC1(c2nc3ccc(CC)cc3[nH]2)CCNC1. The normalized spacial score (nSPS) is 23.3. The zero-order valence-corrected chi connectivity index (χ0v) is 11.9. The molecule has 0 bridgehead atoms. The number of imidazole rings is 1. The van der Waals surface area contributed by atoms with Crippen LogP contribution in [0.4, 0.5) is 0 Å². The molecule has 0 amide bonds. The maximum atomic E-state index is 4.87. The van der Waals surface area contributed by atoms with E-state index in [0.29, 0.717) is 0 Å². The Balaban J connectivity index is 2.03. The predicted molar refractivity (Wildman–Crippen MR) is 79.5 cm³/mol. The third kappa shape index (κ3) is 2.16. The van der Waals surface area contributed by atoms with Gasteiger partial charge in [0.25, 0.3) is 0 Å². The highest BCUT2D eigenvalue weighted by atomic mass is 15.0. The Morgan fingerprint density at radius 2 is 2.21 bits per heavy atom. The summed E-state index contributed by atoms with van der Waals surface area (Å²) in [6.45, 7) is 6.62. The molecular weight excluding hydrogens is 234 g/mol. The fourth-order valence-corrected chi connectivity index (χ4v) is 3.28. The Kier molecular flexibility index (Phi) is 3.31. The number of fused-ring (bicyclic) bond motifs is 1. The zero-order valence-electron chi connectivity index (χ0n) is 11.9. The molecule has 1 aromatic heterocycles. The zero-order chi connectivity index (χ0) is 13.3. The van der Waals surface area contributed by atoms with Crippen molar-refractivity contribution in [2.45, 2.75) is 44.9 Å². The van der Waals surface area contributed by atoms with Crippen LogP contribution in [0.2, 0.25) is 0 Å². The van der Waals surface area contributed by atoms with Gasteiger partial charge in [-0.05, 0) is 43.5 Å². The van der Waals surface area contributed by atoms with Gasteiger partial charge in [0.05, 0.1) is 11.0 Å². The highest BCUT2D eigenvalue weighted by molar-refractivity contribution is 5.76. The van der Waals surface area contributed by atoms with Gasteiger partial charge in [-0.15, -0.1) is 0 Å². The van der Waals surface area contributed by atoms with Crippen molar-refractivity contribution < 1.29 is 0 Å². The van der Waals surface area contributed by atoms with Crippen molar-refractivity contribution in [3.05, 3.63) is 29.6 Å². The molecule has 1 fully saturated rings. The van der Waals surface area contributed by atoms with Gasteiger partial charge in [0, 0.05) is 12.0 Å². The van der Waals surface area contributed by atoms with Gasteiger partial charge in [0.15, 0.2) is 0 Å². The number of hydrogen-bond acceptors (Lipinski definition) is 2. The van der Waals surface area contributed by atoms with E-state index in [1.807, 2.05) is 0 Å². The molecule has 2 heterocycles. The molecule has 19 heavy (non-hydrogen) atoms. The van der Waals surface area contributed by atoms with Gasteiger partial charge in [-0.2, -0.15) is 0 Å². The minimum atomic E-state index is 0.222. The summed E-state index contributed by atoms with van der Waals surface area (Å²) in [7, 11) is 0. The minimum Gasteiger partial charge on any atom is -0.341 e. The van der Waals surface area contributed by atoms with E-state index in [2.05, 4.69) is 42.3 Å². The quantitative estimate of drug-likeness (QED) is 0.883. The van der Waals surface area contributed by atoms with Crippen molar-refractivity contribution in [1.29, 1.82) is 0 Å². The molecule has 1 aliphatic heterocycles. The Bertz CT molecular complexity index is 564. The number of aromatic nitrogens is 2. The molecule has 1 atom stereocenters. The van der Waals surface area contributed by atoms with E-state index in [9.17, 15) is 0 Å². The molecule has 2 aromatic rings. The summed E-state index contributed by atoms with van der Waals surface area (Å²) >= 11 is 0. The van der Waals surface area contributed by atoms with Crippen LogP contribution in [-0.2, 0) is 11.8 Å². The fourth-order valence-electron chi connectivity index (χ4n) is 3.28. The van der Waals surface area contributed by atoms with Gasteiger partial charge in [-0.3, -0.25) is 0 Å². The number of nitrogens with one attached hydrogen (secondary N) is 2. The van der Waals surface area contributed by atoms with Crippen molar-refractivity contribution in [2.24, 2.45) is 0 Å². The van der Waals surface area contributed by atoms with Crippen LogP contribution in [0, 0.1) is 0 Å². The van der Waals surface area contributed by atoms with Gasteiger partial charge < -0.3 is 10.3 Å². The number of H-pyrrole nitrogens is 1. The number of benzene rings is 1. The molecule has 3 rings (SSSR count). The lowest BCUT2D eigenvalue weighted by atomic mass is 9.82. The molecule has 2 N–H and O–H groups in total. The van der Waals surface area contributed by atoms with Gasteiger partial charge in [0.2, 0.25) is 0 Å². The smallest absolute Gasteiger partial charge is 0.114 e. The topological polar surface area (TPSA) is 40.7 Å². The number of nitrogens with zero attached hydrogens (tertiary/aromatic N) is 1. The van der Waals surface area contributed by atoms with E-state index in [0.717, 1.165) is 25.0 Å². The maximum Gasteiger partial charge on any atom is 0.114 e. The second-order valence-corrected chi connectivity index (χ2v) is 5.75. The summed E-state index contributed by atoms with van der Waals surface area (Å²) in [6.07, 6.45) is 4.69. The first-order chi connectivity index (χ1) is 9.27. The van der Waals surface area contributed by atoms with Crippen LogP contribution in [0.3, 0.4) is 0 Å². The molecule has 0 saturated carbocycles. The first-order valence-corrected chi connectivity index (χ1v) is 7.47. The highest BCUT2D eigenvalue weighted by Gasteiger charge is 2.37. The molecule has 1 aliphatic rings. The highest BCUT2D eigenvalue weighted by Crippen LogP contribution is 2.34. The second kappa shape index (κ2) is 4.97. The lowest BCUT2D eigenvalue weighted by Crippen LogP contribution is -2.30. The standard InChI is InChI=1S/C16H23N3/c1-3-7-16(8-9-17-11-16)15-18-13-6-5-12(4-2)10-14(13)19-15/h5-6,10,17H,3-4,7-9,11H2,1-2H3,(H,18,19). The number of rotatable bonds is 4. The molecule has 3 heteroatoms. The van der Waals surface area contributed by atoms with Crippen molar-refractivity contribution in [1.82, 2.24) is 15.3 Å². The van der Waals surface area contributed by atoms with Gasteiger partial charge in [0.1, 0.15) is 5.82 Å². The third-order valence-electron chi connectivity index (χ3n) is 4.43. The lowest BCUT2D eigenvalue weighted by molar-refractivity contribution is 0.406. The van der Waals surface area contributed by atoms with E-state index in [1.54, 1.807) is 0 Å². The summed E-state index contributed by atoms with van der Waals surface area (Å²) in [4.78, 5) is 8.45. The fraction of sp³-hybridized carbons (Fsp3) is 0.562. The van der Waals surface area contributed by atoms with Crippen LogP contribution in [-0.4, -0.2) is 23.1 Å². The summed E-state index contributed by atoms with van der Waals surface area (Å²) in [5.74, 6) is 1.18. The van der Waals surface area contributed by atoms with E-state index in [4.69, 9.17) is 4.98 Å². The van der Waals surface area contributed by atoms with E-state index in [-0.39, 0.29) is 5.41 Å². The summed E-state index contributed by atoms with van der Waals surface area (Å²) < 4.78 is 0. The molecule has 1 unspecified atom stereocenters. The average molecular weight is 257 g/mol. The summed E-state index contributed by atoms with van der Waals surface area (Å²) in [5, 5.41) is 3.50. The lowest BCUT2D eigenvalue weighted by Gasteiger charge is -2.25. The van der Waals surface area contributed by atoms with Crippen LogP contribution in [0.25, 0.3) is 11.0 Å². The molecule has 1 aromatic carbocycles. The van der Waals surface area contributed by atoms with Gasteiger partial charge in [-0.25, -0.2) is 4.98 Å². The van der Waals surface area contributed by atoms with Crippen LogP contribution in [0.5, 0.6) is 0 Å². The number of aryl methyl sites for hydroxylation is 1. The van der Waals surface area contributed by atoms with Crippen molar-refractivity contribution in [3.8, 4) is 0 Å². The first kappa shape index (κ1) is 12.7. The van der Waals surface area contributed by atoms with Crippen molar-refractivity contribution >= 4 is 11.0 Å². The van der Waals surface area contributed by atoms with E-state index in [1.165, 1.54) is 36.2 Å². The van der Waals surface area contributed by atoms with E-state index < -0.39 is 0 Å². The van der Waals surface area contributed by atoms with Crippen molar-refractivity contribution in [2.75, 3.05) is 13.1 Å². The van der Waals surface area contributed by atoms with Crippen LogP contribution >= 0.6 is 0 Å². The predicted octanol–water partition coefficient (Wildman–Crippen LogP) is 3.16. The number of hydrogen-bond donors (Lipinski definition) is 2. The average Bonchev–Trinajstić information content (AvgIpc) is 3.05. The Labute approximate surface area is 114 Å². The second-order valence-electron chi connectivity index (χ2n) is 5.75. The van der Waals surface area contributed by atoms with Gasteiger partial charge in [-0.1, -0.05) is 26.3 Å². The summed E-state index contributed by atoms with van der Waals surface area (Å²) in [5.41, 5.74) is 3.89. The Morgan fingerprint density at radius 3 is 2.89 bits per heavy atom. The minimum absolute atomic E-state index is 0.222. The Hall–Kier alpha value is -1.35. The van der Waals surface area contributed by atoms with Gasteiger partial charge >= 0.3 is 0 Å². The van der Waals surface area contributed by atoms with E-state index >= 15 is 0 Å². The molecule has 0 radical (unpaired) electrons. The molecule has 1 saturated heterocycles. The molecular formula is C16H23N3. The monoisotopic (exact) mass is 257 g/mol. The Morgan fingerprint density at radius 1 is 1.32 bits per heavy atom. The molecule has 0 spiro atoms. The third-order valence-corrected chi connectivity index (χ3v) is 4.43. The maximum absolute atomic E-state index is 4.87. The molecule has 0 aliphatic carbocycles. The van der Waals surface area contributed by atoms with Crippen LogP contribution in [0.15, 0.2) is 18.2 Å². The number of aromatic amines is 1.